The van der Waals surface area contributed by atoms with Gasteiger partial charge in [0, 0.05) is 27.6 Å². The molecule has 0 aliphatic heterocycles. The molecule has 3 rings (SSSR count). The molecule has 0 fully saturated rings. The van der Waals surface area contributed by atoms with Crippen LogP contribution in [0.15, 0.2) is 59.0 Å². The van der Waals surface area contributed by atoms with Gasteiger partial charge in [-0.2, -0.15) is 0 Å². The Kier molecular flexibility index (Phi) is 7.31. The highest BCUT2D eigenvalue weighted by Crippen LogP contribution is 2.50. The lowest BCUT2D eigenvalue weighted by Gasteiger charge is -2.39. The van der Waals surface area contributed by atoms with E-state index in [1.54, 1.807) is 48.5 Å². The van der Waals surface area contributed by atoms with Crippen molar-refractivity contribution in [2.75, 3.05) is 11.1 Å². The van der Waals surface area contributed by atoms with Gasteiger partial charge in [-0.1, -0.05) is 42.3 Å². The molecule has 0 aromatic heterocycles. The van der Waals surface area contributed by atoms with Gasteiger partial charge in [0.25, 0.3) is 11.4 Å². The van der Waals surface area contributed by atoms with Crippen molar-refractivity contribution < 1.29 is 14.8 Å². The number of nitrogens with zero attached hydrogens (tertiary/aromatic N) is 1. The largest absolute Gasteiger partial charge is 0.388 e. The fraction of sp³-hybridized carbons (Fsp3) is 0.318. The number of hydrogen-bond donors (Lipinski definition) is 2. The molecule has 0 spiro atoms. The zero-order valence-electron chi connectivity index (χ0n) is 17.0. The van der Waals surface area contributed by atoms with Crippen LogP contribution in [0.4, 0.5) is 5.69 Å². The number of nitro groups is 1. The number of halogens is 2. The van der Waals surface area contributed by atoms with Gasteiger partial charge in [0.05, 0.1) is 22.5 Å². The van der Waals surface area contributed by atoms with Gasteiger partial charge < -0.3 is 10.4 Å². The van der Waals surface area contributed by atoms with Crippen molar-refractivity contribution in [3.8, 4) is 0 Å². The van der Waals surface area contributed by atoms with Gasteiger partial charge >= 0.3 is 0 Å². The lowest BCUT2D eigenvalue weighted by Crippen LogP contribution is -2.49. The summed E-state index contributed by atoms with van der Waals surface area (Å²) in [5.74, 6) is -0.680. The first kappa shape index (κ1) is 23.6. The highest BCUT2D eigenvalue weighted by atomic mass is 35.5. The van der Waals surface area contributed by atoms with Crippen molar-refractivity contribution in [1.82, 2.24) is 0 Å². The fourth-order valence-electron chi connectivity index (χ4n) is 3.87. The molecule has 1 aliphatic rings. The molecule has 2 aromatic rings. The summed E-state index contributed by atoms with van der Waals surface area (Å²) >= 11 is 13.1. The van der Waals surface area contributed by atoms with Crippen LogP contribution in [-0.4, -0.2) is 33.3 Å². The van der Waals surface area contributed by atoms with E-state index >= 15 is 0 Å². The Morgan fingerprint density at radius 2 is 1.74 bits per heavy atom. The molecule has 2 aromatic carbocycles. The summed E-state index contributed by atoms with van der Waals surface area (Å²) in [7, 11) is 0. The lowest BCUT2D eigenvalue weighted by molar-refractivity contribution is -0.557. The predicted molar refractivity (Wildman–Crippen MR) is 125 cm³/mol. The van der Waals surface area contributed by atoms with E-state index in [9.17, 15) is 20.0 Å². The molecule has 0 saturated carbocycles. The molecule has 2 N–H and O–H groups in total. The molecule has 0 radical (unpaired) electrons. The molecule has 1 amide bonds. The van der Waals surface area contributed by atoms with Gasteiger partial charge in [0.1, 0.15) is 0 Å². The average Bonchev–Trinajstić information content (AvgIpc) is 2.73. The van der Waals surface area contributed by atoms with Gasteiger partial charge in [-0.05, 0) is 54.1 Å². The van der Waals surface area contributed by atoms with E-state index in [-0.39, 0.29) is 21.8 Å². The fourth-order valence-corrected chi connectivity index (χ4v) is 5.31. The number of nitrogens with one attached hydrogen (secondary N) is 1. The smallest absolute Gasteiger partial charge is 0.257 e. The van der Waals surface area contributed by atoms with E-state index in [1.807, 2.05) is 6.92 Å². The molecule has 3 atom stereocenters. The molecular formula is C22H22Cl2N2O4S. The van der Waals surface area contributed by atoms with Crippen molar-refractivity contribution in [3.63, 3.8) is 0 Å². The Labute approximate surface area is 194 Å². The lowest BCUT2D eigenvalue weighted by atomic mass is 9.71. The monoisotopic (exact) mass is 480 g/mol. The summed E-state index contributed by atoms with van der Waals surface area (Å²) in [4.78, 5) is 25.4. The van der Waals surface area contributed by atoms with Crippen LogP contribution in [0.3, 0.4) is 0 Å². The van der Waals surface area contributed by atoms with E-state index < -0.39 is 23.5 Å². The normalized spacial score (nSPS) is 23.5. The molecule has 0 saturated heterocycles. The molecule has 164 valence electrons. The third kappa shape index (κ3) is 4.75. The van der Waals surface area contributed by atoms with Crippen molar-refractivity contribution in [1.29, 1.82) is 0 Å². The Hall–Kier alpha value is -2.06. The number of thioether (sulfide) groups is 1. The van der Waals surface area contributed by atoms with Crippen molar-refractivity contribution in [3.05, 3.63) is 84.7 Å². The van der Waals surface area contributed by atoms with E-state index in [4.69, 9.17) is 23.2 Å². The van der Waals surface area contributed by atoms with E-state index in [0.717, 1.165) is 0 Å². The van der Waals surface area contributed by atoms with Gasteiger partial charge in [0.2, 0.25) is 0 Å². The number of hydrogen-bond acceptors (Lipinski definition) is 5. The van der Waals surface area contributed by atoms with E-state index in [2.05, 4.69) is 5.32 Å². The molecule has 3 unspecified atom stereocenters. The average molecular weight is 481 g/mol. The first-order chi connectivity index (χ1) is 14.7. The summed E-state index contributed by atoms with van der Waals surface area (Å²) in [6.07, 6.45) is -1.12. The minimum Gasteiger partial charge on any atom is -0.388 e. The zero-order chi connectivity index (χ0) is 22.8. The highest BCUT2D eigenvalue weighted by Gasteiger charge is 2.56. The summed E-state index contributed by atoms with van der Waals surface area (Å²) in [5.41, 5.74) is -0.377. The highest BCUT2D eigenvalue weighted by molar-refractivity contribution is 8.03. The topological polar surface area (TPSA) is 92.5 Å². The van der Waals surface area contributed by atoms with Crippen LogP contribution in [0.25, 0.3) is 0 Å². The first-order valence-corrected chi connectivity index (χ1v) is 11.4. The third-order valence-corrected chi connectivity index (χ3v) is 7.18. The van der Waals surface area contributed by atoms with Crippen LogP contribution in [-0.2, 0) is 4.79 Å². The number of amides is 1. The van der Waals surface area contributed by atoms with E-state index in [1.165, 1.54) is 18.7 Å². The molecule has 0 bridgehead atoms. The second-order valence-electron chi connectivity index (χ2n) is 7.40. The number of rotatable bonds is 6. The van der Waals surface area contributed by atoms with E-state index in [0.29, 0.717) is 27.0 Å². The Balaban J connectivity index is 2.10. The minimum absolute atomic E-state index is 0.0335. The standard InChI is InChI=1S/C22H22Cl2N2O4S/c1-3-31-20-19(21(28)25-16-10-8-15(24)9-11-16)18(27)12-17(22(20,2)26(29)30)13-4-6-14(23)7-5-13/h4-11,17-18,27H,3,12H2,1-2H3,(H,25,28). The predicted octanol–water partition coefficient (Wildman–Crippen LogP) is 5.52. The molecule has 6 nitrogen and oxygen atoms in total. The number of benzene rings is 2. The van der Waals surface area contributed by atoms with Crippen LogP contribution in [0, 0.1) is 10.1 Å². The molecule has 1 aliphatic carbocycles. The third-order valence-electron chi connectivity index (χ3n) is 5.46. The van der Waals surface area contributed by atoms with Crippen molar-refractivity contribution in [2.24, 2.45) is 0 Å². The van der Waals surface area contributed by atoms with Crippen LogP contribution in [0.2, 0.25) is 10.0 Å². The van der Waals surface area contributed by atoms with Crippen LogP contribution in [0.1, 0.15) is 31.7 Å². The van der Waals surface area contributed by atoms with Gasteiger partial charge in [-0.3, -0.25) is 14.9 Å². The maximum atomic E-state index is 13.1. The summed E-state index contributed by atoms with van der Waals surface area (Å²) in [5, 5.41) is 27.1. The van der Waals surface area contributed by atoms with Gasteiger partial charge in [0.15, 0.2) is 0 Å². The van der Waals surface area contributed by atoms with Gasteiger partial charge in [-0.25, -0.2) is 0 Å². The van der Waals surface area contributed by atoms with Crippen LogP contribution >= 0.6 is 35.0 Å². The maximum absolute atomic E-state index is 13.1. The first-order valence-electron chi connectivity index (χ1n) is 9.70. The maximum Gasteiger partial charge on any atom is 0.257 e. The molecule has 31 heavy (non-hydrogen) atoms. The second kappa shape index (κ2) is 9.61. The number of carbonyl (C=O) groups excluding carboxylic acids is 1. The number of aliphatic hydroxyl groups is 1. The quantitative estimate of drug-likeness (QED) is 0.419. The summed E-state index contributed by atoms with van der Waals surface area (Å²) < 4.78 is 0. The number of aliphatic hydroxyl groups excluding tert-OH is 1. The SMILES string of the molecule is CCSC1=C(C(=O)Nc2ccc(Cl)cc2)C(O)CC(c2ccc(Cl)cc2)C1(C)[N+](=O)[O-]. The van der Waals surface area contributed by atoms with Crippen molar-refractivity contribution >= 4 is 46.6 Å². The molecule has 9 heteroatoms. The summed E-state index contributed by atoms with van der Waals surface area (Å²) in [6, 6.07) is 13.3. The number of anilines is 1. The number of carbonyl (C=O) groups is 1. The Morgan fingerprint density at radius 1 is 1.19 bits per heavy atom. The second-order valence-corrected chi connectivity index (χ2v) is 9.54. The summed E-state index contributed by atoms with van der Waals surface area (Å²) in [6.45, 7) is 3.37. The Morgan fingerprint density at radius 3 is 2.26 bits per heavy atom. The molecule has 0 heterocycles. The van der Waals surface area contributed by atoms with Crippen LogP contribution < -0.4 is 5.32 Å². The van der Waals surface area contributed by atoms with Crippen LogP contribution in [0.5, 0.6) is 0 Å². The van der Waals surface area contributed by atoms with Crippen molar-refractivity contribution in [2.45, 2.75) is 37.8 Å². The molecular weight excluding hydrogens is 459 g/mol. The minimum atomic E-state index is -1.58. The van der Waals surface area contributed by atoms with Gasteiger partial charge in [-0.15, -0.1) is 11.8 Å². The zero-order valence-corrected chi connectivity index (χ0v) is 19.3. The Bertz CT molecular complexity index is 1010.